The van der Waals surface area contributed by atoms with Crippen LogP contribution in [0.3, 0.4) is 0 Å². The van der Waals surface area contributed by atoms with Gasteiger partial charge >= 0.3 is 6.18 Å². The van der Waals surface area contributed by atoms with Crippen molar-refractivity contribution in [1.29, 1.82) is 0 Å². The predicted octanol–water partition coefficient (Wildman–Crippen LogP) is 3.42. The average molecular weight is 358 g/mol. The van der Waals surface area contributed by atoms with E-state index in [2.05, 4.69) is 0 Å². The first-order valence-corrected chi connectivity index (χ1v) is 8.12. The molecule has 1 aliphatic carbocycles. The van der Waals surface area contributed by atoms with Gasteiger partial charge in [0.2, 0.25) is 0 Å². The molecule has 0 atom stereocenters. The van der Waals surface area contributed by atoms with Crippen molar-refractivity contribution in [3.05, 3.63) is 29.8 Å². The molecule has 1 saturated carbocycles. The van der Waals surface area contributed by atoms with Crippen LogP contribution >= 0.6 is 12.4 Å². The Hall–Kier alpha value is -0.790. The zero-order valence-corrected chi connectivity index (χ0v) is 13.9. The van der Waals surface area contributed by atoms with E-state index < -0.39 is 26.3 Å². The third-order valence-corrected chi connectivity index (χ3v) is 6.92. The van der Waals surface area contributed by atoms with Gasteiger partial charge < -0.3 is 5.73 Å². The number of hydrogen-bond donors (Lipinski definition) is 1. The Morgan fingerprint density at radius 3 is 2.18 bits per heavy atom. The van der Waals surface area contributed by atoms with Crippen molar-refractivity contribution in [3.8, 4) is 0 Å². The van der Waals surface area contributed by atoms with E-state index in [0.29, 0.717) is 18.9 Å². The third-order valence-electron chi connectivity index (χ3n) is 4.32. The zero-order chi connectivity index (χ0) is 16.1. The minimum atomic E-state index is -4.56. The molecule has 0 aliphatic heterocycles. The SMILES string of the molecule is CC(C)([C@H]1C[C@H](N)C1)S(=O)(=O)c1cccc(C(F)(F)F)c1.Cl. The van der Waals surface area contributed by atoms with E-state index in [-0.39, 0.29) is 29.3 Å². The summed E-state index contributed by atoms with van der Waals surface area (Å²) in [6.45, 7) is 3.11. The van der Waals surface area contributed by atoms with Crippen LogP contribution in [-0.4, -0.2) is 19.2 Å². The molecular weight excluding hydrogens is 339 g/mol. The Bertz CT molecular complexity index is 638. The molecule has 0 saturated heterocycles. The standard InChI is InChI=1S/C14H18F3NO2S.ClH/c1-13(2,10-6-11(18)7-10)21(19,20)12-5-3-4-9(8-12)14(15,16)17;/h3-5,8,10-11H,6-7,18H2,1-2H3;1H/t10-,11-;. The Kier molecular flexibility index (Phi) is 5.27. The number of nitrogens with two attached hydrogens (primary N) is 1. The van der Waals surface area contributed by atoms with Crippen LogP contribution in [0.2, 0.25) is 0 Å². The molecule has 2 rings (SSSR count). The minimum absolute atomic E-state index is 0. The van der Waals surface area contributed by atoms with Gasteiger partial charge in [0.05, 0.1) is 15.2 Å². The summed E-state index contributed by atoms with van der Waals surface area (Å²) in [7, 11) is -3.86. The second kappa shape index (κ2) is 6.02. The number of hydrogen-bond acceptors (Lipinski definition) is 3. The van der Waals surface area contributed by atoms with Gasteiger partial charge in [-0.05, 0) is 50.8 Å². The summed E-state index contributed by atoms with van der Waals surface area (Å²) < 4.78 is 62.4. The Morgan fingerprint density at radius 2 is 1.73 bits per heavy atom. The molecule has 0 unspecified atom stereocenters. The molecule has 1 aromatic carbocycles. The fourth-order valence-electron chi connectivity index (χ4n) is 2.59. The molecule has 1 aromatic rings. The van der Waals surface area contributed by atoms with E-state index in [0.717, 1.165) is 12.1 Å². The number of rotatable bonds is 3. The van der Waals surface area contributed by atoms with Gasteiger partial charge in [-0.3, -0.25) is 0 Å². The third kappa shape index (κ3) is 3.26. The van der Waals surface area contributed by atoms with E-state index in [1.54, 1.807) is 13.8 Å². The van der Waals surface area contributed by atoms with Crippen molar-refractivity contribution in [2.45, 2.75) is 48.5 Å². The monoisotopic (exact) mass is 357 g/mol. The van der Waals surface area contributed by atoms with Crippen LogP contribution in [0.15, 0.2) is 29.2 Å². The normalized spacial score (nSPS) is 22.6. The van der Waals surface area contributed by atoms with Crippen molar-refractivity contribution >= 4 is 22.2 Å². The summed E-state index contributed by atoms with van der Waals surface area (Å²) >= 11 is 0. The summed E-state index contributed by atoms with van der Waals surface area (Å²) in [4.78, 5) is -0.289. The van der Waals surface area contributed by atoms with Gasteiger partial charge in [0.25, 0.3) is 0 Å². The smallest absolute Gasteiger partial charge is 0.328 e. The second-order valence-electron chi connectivity index (χ2n) is 6.06. The molecule has 2 N–H and O–H groups in total. The van der Waals surface area contributed by atoms with E-state index in [4.69, 9.17) is 5.73 Å². The van der Waals surface area contributed by atoms with Crippen LogP contribution in [-0.2, 0) is 16.0 Å². The summed E-state index contributed by atoms with van der Waals surface area (Å²) in [6, 6.07) is 3.88. The molecule has 1 aliphatic rings. The lowest BCUT2D eigenvalue weighted by Gasteiger charge is -2.43. The lowest BCUT2D eigenvalue weighted by Crippen LogP contribution is -2.50. The fourth-order valence-corrected chi connectivity index (χ4v) is 4.37. The highest BCUT2D eigenvalue weighted by Crippen LogP contribution is 2.43. The van der Waals surface area contributed by atoms with E-state index in [9.17, 15) is 21.6 Å². The van der Waals surface area contributed by atoms with Crippen LogP contribution < -0.4 is 5.73 Å². The van der Waals surface area contributed by atoms with Gasteiger partial charge in [-0.15, -0.1) is 12.4 Å². The van der Waals surface area contributed by atoms with E-state index >= 15 is 0 Å². The molecule has 0 radical (unpaired) electrons. The molecule has 8 heteroatoms. The number of halogens is 4. The van der Waals surface area contributed by atoms with E-state index in [1.807, 2.05) is 0 Å². The highest BCUT2D eigenvalue weighted by Gasteiger charge is 2.48. The van der Waals surface area contributed by atoms with Crippen LogP contribution in [0.4, 0.5) is 13.2 Å². The summed E-state index contributed by atoms with van der Waals surface area (Å²) in [6.07, 6.45) is -3.41. The second-order valence-corrected chi connectivity index (χ2v) is 8.59. The van der Waals surface area contributed by atoms with E-state index in [1.165, 1.54) is 6.07 Å². The van der Waals surface area contributed by atoms with Crippen LogP contribution in [0.25, 0.3) is 0 Å². The Balaban J connectivity index is 0.00000242. The van der Waals surface area contributed by atoms with Gasteiger partial charge in [0.1, 0.15) is 0 Å². The average Bonchev–Trinajstić information content (AvgIpc) is 2.34. The van der Waals surface area contributed by atoms with Gasteiger partial charge in [-0.2, -0.15) is 13.2 Å². The zero-order valence-electron chi connectivity index (χ0n) is 12.2. The van der Waals surface area contributed by atoms with Crippen molar-refractivity contribution in [2.24, 2.45) is 11.7 Å². The van der Waals surface area contributed by atoms with Crippen molar-refractivity contribution in [1.82, 2.24) is 0 Å². The molecule has 22 heavy (non-hydrogen) atoms. The molecular formula is C14H19ClF3NO2S. The number of benzene rings is 1. The Morgan fingerprint density at radius 1 is 1.18 bits per heavy atom. The topological polar surface area (TPSA) is 60.2 Å². The molecule has 3 nitrogen and oxygen atoms in total. The maximum atomic E-state index is 12.7. The van der Waals surface area contributed by atoms with Crippen LogP contribution in [0, 0.1) is 5.92 Å². The fraction of sp³-hybridized carbons (Fsp3) is 0.571. The predicted molar refractivity (Wildman–Crippen MR) is 80.7 cm³/mol. The first kappa shape index (κ1) is 19.3. The van der Waals surface area contributed by atoms with Gasteiger partial charge in [0, 0.05) is 6.04 Å². The van der Waals surface area contributed by atoms with Crippen molar-refractivity contribution in [3.63, 3.8) is 0 Å². The highest BCUT2D eigenvalue weighted by atomic mass is 35.5. The number of sulfone groups is 1. The van der Waals surface area contributed by atoms with Gasteiger partial charge in [-0.1, -0.05) is 6.07 Å². The maximum absolute atomic E-state index is 12.7. The number of alkyl halides is 3. The van der Waals surface area contributed by atoms with Crippen LogP contribution in [0.1, 0.15) is 32.3 Å². The van der Waals surface area contributed by atoms with Gasteiger partial charge in [-0.25, -0.2) is 8.42 Å². The minimum Gasteiger partial charge on any atom is -0.328 e. The molecule has 0 bridgehead atoms. The molecule has 1 fully saturated rings. The summed E-state index contributed by atoms with van der Waals surface area (Å²) in [5.74, 6) is -0.132. The summed E-state index contributed by atoms with van der Waals surface area (Å²) in [5.41, 5.74) is 4.73. The lowest BCUT2D eigenvalue weighted by atomic mass is 9.73. The quantitative estimate of drug-likeness (QED) is 0.901. The van der Waals surface area contributed by atoms with Crippen molar-refractivity contribution < 1.29 is 21.6 Å². The molecule has 0 aromatic heterocycles. The lowest BCUT2D eigenvalue weighted by molar-refractivity contribution is -0.137. The molecule has 126 valence electrons. The molecule has 0 amide bonds. The first-order chi connectivity index (χ1) is 9.46. The maximum Gasteiger partial charge on any atom is 0.416 e. The summed E-state index contributed by atoms with van der Waals surface area (Å²) in [5, 5.41) is 0. The molecule has 0 heterocycles. The Labute approximate surface area is 134 Å². The first-order valence-electron chi connectivity index (χ1n) is 6.63. The van der Waals surface area contributed by atoms with Gasteiger partial charge in [0.15, 0.2) is 9.84 Å². The highest BCUT2D eigenvalue weighted by molar-refractivity contribution is 7.92. The van der Waals surface area contributed by atoms with Crippen LogP contribution in [0.5, 0.6) is 0 Å². The molecule has 0 spiro atoms. The largest absolute Gasteiger partial charge is 0.416 e. The van der Waals surface area contributed by atoms with Crippen molar-refractivity contribution in [2.75, 3.05) is 0 Å².